The lowest BCUT2D eigenvalue weighted by molar-refractivity contribution is 0.0997. The average molecular weight is 496 g/mol. The predicted octanol–water partition coefficient (Wildman–Crippen LogP) is 2.89. The number of nitrogens with zero attached hydrogens (tertiary/aromatic N) is 3. The summed E-state index contributed by atoms with van der Waals surface area (Å²) in [6.45, 7) is 3.33. The van der Waals surface area contributed by atoms with Crippen molar-refractivity contribution in [2.45, 2.75) is 18.4 Å². The van der Waals surface area contributed by atoms with Crippen molar-refractivity contribution in [2.75, 3.05) is 40.5 Å². The molecule has 0 unspecified atom stereocenters. The monoisotopic (exact) mass is 495 g/mol. The topological polar surface area (TPSA) is 90.2 Å². The number of amides is 1. The van der Waals surface area contributed by atoms with Gasteiger partial charge in [-0.3, -0.25) is 4.79 Å². The van der Waals surface area contributed by atoms with E-state index in [1.54, 1.807) is 6.07 Å². The number of thiazole rings is 1. The first kappa shape index (κ1) is 25.2. The maximum absolute atomic E-state index is 13.6. The number of benzene rings is 2. The minimum Gasteiger partial charge on any atom is -0.383 e. The molecule has 1 amide bonds. The van der Waals surface area contributed by atoms with E-state index < -0.39 is 15.9 Å². The number of ether oxygens (including phenoxy) is 2. The Hall–Kier alpha value is -2.44. The van der Waals surface area contributed by atoms with Crippen molar-refractivity contribution in [3.8, 4) is 0 Å². The van der Waals surface area contributed by atoms with Gasteiger partial charge in [-0.25, -0.2) is 12.8 Å². The van der Waals surface area contributed by atoms with Crippen LogP contribution in [0.15, 0.2) is 52.4 Å². The number of sulfonamides is 1. The number of halogens is 1. The van der Waals surface area contributed by atoms with Gasteiger partial charge in [-0.05, 0) is 49.4 Å². The van der Waals surface area contributed by atoms with Crippen molar-refractivity contribution in [1.29, 1.82) is 0 Å². The number of rotatable bonds is 10. The minimum atomic E-state index is -3.79. The summed E-state index contributed by atoms with van der Waals surface area (Å²) < 4.78 is 53.4. The van der Waals surface area contributed by atoms with Gasteiger partial charge in [0.15, 0.2) is 4.80 Å². The lowest BCUT2D eigenvalue weighted by atomic mass is 10.2. The van der Waals surface area contributed by atoms with E-state index in [-0.39, 0.29) is 42.6 Å². The Bertz CT molecular complexity index is 1280. The normalized spacial score (nSPS) is 12.7. The highest BCUT2D eigenvalue weighted by Crippen LogP contribution is 2.20. The van der Waals surface area contributed by atoms with Gasteiger partial charge in [0.05, 0.1) is 28.3 Å². The Labute approximate surface area is 195 Å². The molecule has 1 aromatic heterocycles. The van der Waals surface area contributed by atoms with Crippen LogP contribution in [0.5, 0.6) is 0 Å². The zero-order valence-corrected chi connectivity index (χ0v) is 20.3. The number of aryl methyl sites for hydroxylation is 1. The van der Waals surface area contributed by atoms with Crippen LogP contribution in [0.2, 0.25) is 0 Å². The van der Waals surface area contributed by atoms with Crippen LogP contribution in [0.3, 0.4) is 0 Å². The molecular weight excluding hydrogens is 469 g/mol. The maximum Gasteiger partial charge on any atom is 0.279 e. The number of hydrogen-bond acceptors (Lipinski definition) is 6. The molecule has 0 aliphatic heterocycles. The van der Waals surface area contributed by atoms with E-state index in [9.17, 15) is 17.6 Å². The summed E-state index contributed by atoms with van der Waals surface area (Å²) in [4.78, 5) is 17.5. The zero-order valence-electron chi connectivity index (χ0n) is 18.7. The Morgan fingerprint density at radius 2 is 1.73 bits per heavy atom. The number of carbonyl (C=O) groups excluding carboxylic acids is 1. The second kappa shape index (κ2) is 11.1. The van der Waals surface area contributed by atoms with Gasteiger partial charge in [-0.2, -0.15) is 9.30 Å². The molecule has 0 N–H and O–H groups in total. The third kappa shape index (κ3) is 5.74. The minimum absolute atomic E-state index is 0.0622. The molecule has 0 saturated heterocycles. The number of aromatic nitrogens is 1. The summed E-state index contributed by atoms with van der Waals surface area (Å²) in [5.74, 6) is -0.865. The third-order valence-electron chi connectivity index (χ3n) is 4.99. The first-order valence-electron chi connectivity index (χ1n) is 10.3. The fourth-order valence-corrected chi connectivity index (χ4v) is 5.77. The Balaban J connectivity index is 1.89. The molecule has 1 heterocycles. The molecule has 0 aliphatic carbocycles. The smallest absolute Gasteiger partial charge is 0.279 e. The quantitative estimate of drug-likeness (QED) is 0.432. The number of fused-ring (bicyclic) bond motifs is 1. The largest absolute Gasteiger partial charge is 0.383 e. The first-order chi connectivity index (χ1) is 15.8. The molecule has 0 spiro atoms. The van der Waals surface area contributed by atoms with Crippen molar-refractivity contribution < 1.29 is 27.1 Å². The summed E-state index contributed by atoms with van der Waals surface area (Å²) in [6.07, 6.45) is 0. The fourth-order valence-electron chi connectivity index (χ4n) is 3.25. The van der Waals surface area contributed by atoms with Crippen LogP contribution in [0.4, 0.5) is 4.39 Å². The average Bonchev–Trinajstić information content (AvgIpc) is 3.14. The van der Waals surface area contributed by atoms with Crippen molar-refractivity contribution in [1.82, 2.24) is 8.87 Å². The van der Waals surface area contributed by atoms with Crippen LogP contribution in [0, 0.1) is 5.82 Å². The third-order valence-corrected chi connectivity index (χ3v) is 7.94. The SMILES string of the molecule is CCn1c(=NC(=O)c2ccc(S(=O)(=O)N(CCOC)CCOC)cc2)sc2cc(F)ccc21. The molecule has 0 radical (unpaired) electrons. The van der Waals surface area contributed by atoms with Gasteiger partial charge in [0.2, 0.25) is 10.0 Å². The summed E-state index contributed by atoms with van der Waals surface area (Å²) in [7, 11) is -0.784. The van der Waals surface area contributed by atoms with Crippen LogP contribution in [-0.2, 0) is 26.0 Å². The van der Waals surface area contributed by atoms with Gasteiger partial charge in [0.25, 0.3) is 5.91 Å². The van der Waals surface area contributed by atoms with E-state index >= 15 is 0 Å². The van der Waals surface area contributed by atoms with Crippen LogP contribution in [0.1, 0.15) is 17.3 Å². The molecular formula is C22H26FN3O5S2. The lowest BCUT2D eigenvalue weighted by Crippen LogP contribution is -2.36. The summed E-state index contributed by atoms with van der Waals surface area (Å²) >= 11 is 1.22. The second-order valence-electron chi connectivity index (χ2n) is 7.07. The maximum atomic E-state index is 13.6. The first-order valence-corrected chi connectivity index (χ1v) is 12.5. The van der Waals surface area contributed by atoms with E-state index in [4.69, 9.17) is 9.47 Å². The van der Waals surface area contributed by atoms with E-state index in [2.05, 4.69) is 4.99 Å². The number of hydrogen-bond donors (Lipinski definition) is 0. The van der Waals surface area contributed by atoms with E-state index in [0.717, 1.165) is 5.52 Å². The van der Waals surface area contributed by atoms with Crippen LogP contribution >= 0.6 is 11.3 Å². The standard InChI is InChI=1S/C22H26FN3O5S2/c1-4-26-19-10-7-17(23)15-20(19)32-22(26)24-21(27)16-5-8-18(9-6-16)33(28,29)25(11-13-30-2)12-14-31-3/h5-10,15H,4,11-14H2,1-3H3. The van der Waals surface area contributed by atoms with Crippen molar-refractivity contribution in [3.63, 3.8) is 0 Å². The van der Waals surface area contributed by atoms with Crippen molar-refractivity contribution in [3.05, 3.63) is 58.6 Å². The molecule has 0 bridgehead atoms. The molecule has 0 atom stereocenters. The second-order valence-corrected chi connectivity index (χ2v) is 10.0. The molecule has 8 nitrogen and oxygen atoms in total. The van der Waals surface area contributed by atoms with E-state index in [1.165, 1.54) is 66.3 Å². The summed E-state index contributed by atoms with van der Waals surface area (Å²) in [5.41, 5.74) is 1.05. The number of methoxy groups -OCH3 is 2. The van der Waals surface area contributed by atoms with Crippen molar-refractivity contribution in [2.24, 2.45) is 4.99 Å². The molecule has 0 saturated carbocycles. The zero-order chi connectivity index (χ0) is 24.0. The summed E-state index contributed by atoms with van der Waals surface area (Å²) in [6, 6.07) is 10.1. The van der Waals surface area contributed by atoms with Crippen LogP contribution in [0.25, 0.3) is 10.2 Å². The van der Waals surface area contributed by atoms with Gasteiger partial charge in [-0.15, -0.1) is 0 Å². The molecule has 2 aromatic carbocycles. The molecule has 3 rings (SSSR count). The highest BCUT2D eigenvalue weighted by Gasteiger charge is 2.24. The van der Waals surface area contributed by atoms with Gasteiger partial charge in [-0.1, -0.05) is 11.3 Å². The molecule has 3 aromatic rings. The van der Waals surface area contributed by atoms with Gasteiger partial charge in [0.1, 0.15) is 5.82 Å². The molecule has 0 aliphatic rings. The van der Waals surface area contributed by atoms with Gasteiger partial charge < -0.3 is 14.0 Å². The Kier molecular flexibility index (Phi) is 8.49. The van der Waals surface area contributed by atoms with Gasteiger partial charge >= 0.3 is 0 Å². The van der Waals surface area contributed by atoms with Gasteiger partial charge in [0, 0.05) is 39.4 Å². The molecule has 33 heavy (non-hydrogen) atoms. The molecule has 178 valence electrons. The summed E-state index contributed by atoms with van der Waals surface area (Å²) in [5, 5.41) is 0. The highest BCUT2D eigenvalue weighted by atomic mass is 32.2. The Morgan fingerprint density at radius 1 is 1.09 bits per heavy atom. The van der Waals surface area contributed by atoms with E-state index in [1.807, 2.05) is 11.5 Å². The predicted molar refractivity (Wildman–Crippen MR) is 124 cm³/mol. The number of carbonyl (C=O) groups is 1. The fraction of sp³-hybridized carbons (Fsp3) is 0.364. The Morgan fingerprint density at radius 3 is 2.30 bits per heavy atom. The van der Waals surface area contributed by atoms with Crippen LogP contribution in [-0.4, -0.2) is 63.7 Å². The molecule has 11 heteroatoms. The van der Waals surface area contributed by atoms with Crippen molar-refractivity contribution >= 4 is 37.5 Å². The highest BCUT2D eigenvalue weighted by molar-refractivity contribution is 7.89. The van der Waals surface area contributed by atoms with Crippen LogP contribution < -0.4 is 4.80 Å². The van der Waals surface area contributed by atoms with E-state index in [0.29, 0.717) is 16.0 Å². The lowest BCUT2D eigenvalue weighted by Gasteiger charge is -2.21. The molecule has 0 fully saturated rings.